The zero-order chi connectivity index (χ0) is 18.5. The molecule has 0 radical (unpaired) electrons. The minimum absolute atomic E-state index is 0.133. The molecule has 0 spiro atoms. The first-order valence-corrected chi connectivity index (χ1v) is 10.2. The Morgan fingerprint density at radius 3 is 2.81 bits per heavy atom. The van der Waals surface area contributed by atoms with E-state index in [1.165, 1.54) is 0 Å². The van der Waals surface area contributed by atoms with Crippen LogP contribution in [-0.2, 0) is 6.42 Å². The molecule has 1 fully saturated rings. The second-order valence-electron chi connectivity index (χ2n) is 6.36. The maximum Gasteiger partial charge on any atom is 0.314 e. The zero-order valence-electron chi connectivity index (χ0n) is 15.2. The number of nitrogens with zero attached hydrogens (tertiary/aromatic N) is 4. The minimum Gasteiger partial charge on any atom is -0.497 e. The van der Waals surface area contributed by atoms with Crippen molar-refractivity contribution in [3.63, 3.8) is 0 Å². The van der Waals surface area contributed by atoms with Crippen molar-refractivity contribution in [2.45, 2.75) is 25.2 Å². The van der Waals surface area contributed by atoms with Crippen LogP contribution in [0.5, 0.6) is 5.75 Å². The van der Waals surface area contributed by atoms with Crippen molar-refractivity contribution in [3.8, 4) is 11.4 Å². The van der Waals surface area contributed by atoms with Crippen LogP contribution >= 0.6 is 11.8 Å². The van der Waals surface area contributed by atoms with Crippen LogP contribution in [0.2, 0.25) is 0 Å². The summed E-state index contributed by atoms with van der Waals surface area (Å²) in [5.41, 5.74) is 6.43. The van der Waals surface area contributed by atoms with Crippen LogP contribution in [0.4, 0.5) is 4.79 Å². The van der Waals surface area contributed by atoms with E-state index < -0.39 is 0 Å². The summed E-state index contributed by atoms with van der Waals surface area (Å²) in [6, 6.07) is 7.42. The summed E-state index contributed by atoms with van der Waals surface area (Å²) < 4.78 is 7.15. The maximum atomic E-state index is 11.6. The highest BCUT2D eigenvalue weighted by Gasteiger charge is 2.28. The number of carbonyl (C=O) groups excluding carboxylic acids is 1. The van der Waals surface area contributed by atoms with Crippen molar-refractivity contribution >= 4 is 17.8 Å². The number of carbonyl (C=O) groups is 1. The van der Waals surface area contributed by atoms with Crippen LogP contribution in [0.1, 0.15) is 30.4 Å². The number of thioether (sulfide) groups is 1. The van der Waals surface area contributed by atoms with Gasteiger partial charge in [0, 0.05) is 31.2 Å². The number of hydrogen-bond acceptors (Lipinski definition) is 5. The van der Waals surface area contributed by atoms with E-state index in [-0.39, 0.29) is 11.9 Å². The predicted molar refractivity (Wildman–Crippen MR) is 103 cm³/mol. The number of piperidine rings is 1. The minimum atomic E-state index is -0.368. The van der Waals surface area contributed by atoms with E-state index in [2.05, 4.69) is 6.26 Å². The normalized spacial score (nSPS) is 17.3. The van der Waals surface area contributed by atoms with Crippen LogP contribution in [0.3, 0.4) is 0 Å². The van der Waals surface area contributed by atoms with Gasteiger partial charge in [0.15, 0.2) is 5.82 Å². The van der Waals surface area contributed by atoms with Gasteiger partial charge in [-0.3, -0.25) is 0 Å². The van der Waals surface area contributed by atoms with E-state index in [1.807, 2.05) is 28.9 Å². The fourth-order valence-electron chi connectivity index (χ4n) is 3.23. The molecule has 1 saturated heterocycles. The van der Waals surface area contributed by atoms with Crippen LogP contribution in [0.15, 0.2) is 24.3 Å². The van der Waals surface area contributed by atoms with Gasteiger partial charge in [0.25, 0.3) is 0 Å². The molecule has 0 bridgehead atoms. The molecule has 1 aliphatic heterocycles. The number of rotatable bonds is 6. The van der Waals surface area contributed by atoms with Crippen molar-refractivity contribution in [3.05, 3.63) is 35.9 Å². The van der Waals surface area contributed by atoms with Gasteiger partial charge in [0.05, 0.1) is 12.8 Å². The standard InChI is InChI=1S/C18H25N5O2S/c1-25-15-7-5-14(6-8-15)23-17(20-16(21-23)9-11-26-2)13-4-3-10-22(12-13)18(19)24/h5-8,13H,3-4,9-12H2,1-2H3,(H2,19,24)/t13-/m0/s1. The van der Waals surface area contributed by atoms with Crippen LogP contribution in [0.25, 0.3) is 5.69 Å². The zero-order valence-corrected chi connectivity index (χ0v) is 16.0. The Hall–Kier alpha value is -2.22. The monoisotopic (exact) mass is 375 g/mol. The fraction of sp³-hybridized carbons (Fsp3) is 0.500. The topological polar surface area (TPSA) is 86.3 Å². The number of methoxy groups -OCH3 is 1. The molecule has 1 aromatic carbocycles. The summed E-state index contributed by atoms with van der Waals surface area (Å²) in [5.74, 6) is 3.65. The predicted octanol–water partition coefficient (Wildman–Crippen LogP) is 2.44. The van der Waals surface area contributed by atoms with Gasteiger partial charge in [-0.05, 0) is 43.4 Å². The van der Waals surface area contributed by atoms with Gasteiger partial charge >= 0.3 is 6.03 Å². The van der Waals surface area contributed by atoms with E-state index in [0.717, 1.165) is 48.1 Å². The van der Waals surface area contributed by atoms with E-state index in [4.69, 9.17) is 20.6 Å². The smallest absolute Gasteiger partial charge is 0.314 e. The molecule has 2 amide bonds. The number of benzene rings is 1. The van der Waals surface area contributed by atoms with Crippen molar-refractivity contribution in [2.24, 2.45) is 5.73 Å². The number of hydrogen-bond donors (Lipinski definition) is 1. The van der Waals surface area contributed by atoms with Gasteiger partial charge in [-0.2, -0.15) is 16.9 Å². The summed E-state index contributed by atoms with van der Waals surface area (Å²) in [7, 11) is 1.65. The van der Waals surface area contributed by atoms with Crippen molar-refractivity contribution in [2.75, 3.05) is 32.2 Å². The second-order valence-corrected chi connectivity index (χ2v) is 7.35. The molecule has 26 heavy (non-hydrogen) atoms. The largest absolute Gasteiger partial charge is 0.497 e. The van der Waals surface area contributed by atoms with Crippen molar-refractivity contribution in [1.29, 1.82) is 0 Å². The lowest BCUT2D eigenvalue weighted by molar-refractivity contribution is 0.187. The second kappa shape index (κ2) is 8.44. The molecule has 0 aliphatic carbocycles. The third-order valence-corrected chi connectivity index (χ3v) is 5.23. The Labute approximate surface area is 157 Å². The number of aryl methyl sites for hydroxylation is 1. The molecule has 3 rings (SSSR count). The Kier molecular flexibility index (Phi) is 6.03. The first-order valence-electron chi connectivity index (χ1n) is 8.76. The Morgan fingerprint density at radius 1 is 1.38 bits per heavy atom. The maximum absolute atomic E-state index is 11.6. The molecule has 2 heterocycles. The van der Waals surface area contributed by atoms with E-state index in [1.54, 1.807) is 23.8 Å². The van der Waals surface area contributed by atoms with Gasteiger partial charge < -0.3 is 15.4 Å². The average Bonchev–Trinajstić information content (AvgIpc) is 3.10. The molecule has 2 N–H and O–H groups in total. The fourth-order valence-corrected chi connectivity index (χ4v) is 3.62. The number of ether oxygens (including phenoxy) is 1. The summed E-state index contributed by atoms with van der Waals surface area (Å²) >= 11 is 1.78. The summed E-state index contributed by atoms with van der Waals surface area (Å²) in [5, 5.41) is 4.74. The van der Waals surface area contributed by atoms with Gasteiger partial charge in [0.2, 0.25) is 0 Å². The molecule has 0 unspecified atom stereocenters. The summed E-state index contributed by atoms with van der Waals surface area (Å²) in [6.45, 7) is 1.30. The highest BCUT2D eigenvalue weighted by Crippen LogP contribution is 2.28. The summed E-state index contributed by atoms with van der Waals surface area (Å²) in [4.78, 5) is 18.1. The Bertz CT molecular complexity index is 747. The molecule has 140 valence electrons. The number of amides is 2. The lowest BCUT2D eigenvalue weighted by atomic mass is 9.97. The molecule has 8 heteroatoms. The number of likely N-dealkylation sites (tertiary alicyclic amines) is 1. The number of primary amides is 1. The highest BCUT2D eigenvalue weighted by atomic mass is 32.2. The third kappa shape index (κ3) is 4.12. The van der Waals surface area contributed by atoms with E-state index in [9.17, 15) is 4.79 Å². The van der Waals surface area contributed by atoms with E-state index >= 15 is 0 Å². The first-order chi connectivity index (χ1) is 12.6. The molecule has 1 atom stereocenters. The molecule has 1 aliphatic rings. The quantitative estimate of drug-likeness (QED) is 0.838. The number of nitrogens with two attached hydrogens (primary N) is 1. The van der Waals surface area contributed by atoms with Gasteiger partial charge in [0.1, 0.15) is 11.6 Å². The van der Waals surface area contributed by atoms with Gasteiger partial charge in [-0.15, -0.1) is 0 Å². The Morgan fingerprint density at radius 2 is 2.15 bits per heavy atom. The van der Waals surface area contributed by atoms with Gasteiger partial charge in [-0.1, -0.05) is 0 Å². The molecule has 7 nitrogen and oxygen atoms in total. The van der Waals surface area contributed by atoms with E-state index in [0.29, 0.717) is 13.1 Å². The lowest BCUT2D eigenvalue weighted by Gasteiger charge is -2.31. The molecular formula is C18H25N5O2S. The molecule has 0 saturated carbocycles. The Balaban J connectivity index is 1.93. The molecular weight excluding hydrogens is 350 g/mol. The number of aromatic nitrogens is 3. The number of urea groups is 1. The van der Waals surface area contributed by atoms with Crippen LogP contribution in [-0.4, -0.2) is 57.9 Å². The lowest BCUT2D eigenvalue weighted by Crippen LogP contribution is -2.42. The molecule has 1 aromatic heterocycles. The average molecular weight is 375 g/mol. The van der Waals surface area contributed by atoms with Gasteiger partial charge in [-0.25, -0.2) is 14.5 Å². The SMILES string of the molecule is COc1ccc(-n2nc(CCSC)nc2[C@H]2CCCN(C(N)=O)C2)cc1. The third-order valence-electron chi connectivity index (χ3n) is 4.62. The first kappa shape index (κ1) is 18.6. The van der Waals surface area contributed by atoms with Crippen LogP contribution in [0, 0.1) is 0 Å². The summed E-state index contributed by atoms with van der Waals surface area (Å²) in [6.07, 6.45) is 4.79. The molecule has 2 aromatic rings. The van der Waals surface area contributed by atoms with Crippen molar-refractivity contribution in [1.82, 2.24) is 19.7 Å². The van der Waals surface area contributed by atoms with Crippen molar-refractivity contribution < 1.29 is 9.53 Å². The van der Waals surface area contributed by atoms with Crippen LogP contribution < -0.4 is 10.5 Å². The highest BCUT2D eigenvalue weighted by molar-refractivity contribution is 7.98.